The number of anilines is 4. The lowest BCUT2D eigenvalue weighted by Crippen LogP contribution is -2.37. The molecule has 0 saturated carbocycles. The van der Waals surface area contributed by atoms with Gasteiger partial charge in [-0.25, -0.2) is 9.97 Å². The first-order chi connectivity index (χ1) is 16.0. The number of hydrogen-bond donors (Lipinski definition) is 2. The molecule has 1 aromatic heterocycles. The Hall–Kier alpha value is -3.49. The molecule has 0 radical (unpaired) electrons. The molecule has 2 heterocycles. The Morgan fingerprint density at radius 2 is 1.67 bits per heavy atom. The van der Waals surface area contributed by atoms with Crippen LogP contribution in [0.5, 0.6) is 0 Å². The summed E-state index contributed by atoms with van der Waals surface area (Å²) in [6, 6.07) is 17.6. The number of carbonyl (C=O) groups is 1. The highest BCUT2D eigenvalue weighted by molar-refractivity contribution is 5.94. The molecule has 1 fully saturated rings. The molecule has 2 N–H and O–H groups in total. The highest BCUT2D eigenvalue weighted by Crippen LogP contribution is 2.23. The van der Waals surface area contributed by atoms with Gasteiger partial charge in [-0.3, -0.25) is 9.69 Å². The van der Waals surface area contributed by atoms with E-state index in [1.807, 2.05) is 68.4 Å². The second kappa shape index (κ2) is 10.4. The molecular weight excluding hydrogens is 416 g/mol. The van der Waals surface area contributed by atoms with Crippen molar-refractivity contribution in [2.75, 3.05) is 55.9 Å². The maximum Gasteiger partial charge on any atom is 0.241 e. The topological polar surface area (TPSA) is 82.6 Å². The van der Waals surface area contributed by atoms with Gasteiger partial charge in [0.15, 0.2) is 0 Å². The van der Waals surface area contributed by atoms with Crippen molar-refractivity contribution in [3.63, 3.8) is 0 Å². The number of nitrogens with one attached hydrogen (secondary N) is 2. The van der Waals surface area contributed by atoms with Gasteiger partial charge < -0.3 is 20.3 Å². The van der Waals surface area contributed by atoms with Crippen molar-refractivity contribution in [1.82, 2.24) is 14.9 Å². The molecule has 172 valence electrons. The Balaban J connectivity index is 1.41. The van der Waals surface area contributed by atoms with Crippen LogP contribution < -0.4 is 15.5 Å². The number of carbonyl (C=O) groups excluding carboxylic acids is 1. The second-order valence-corrected chi connectivity index (χ2v) is 8.24. The fraction of sp³-hybridized carbons (Fsp3) is 0.320. The average molecular weight is 447 g/mol. The van der Waals surface area contributed by atoms with Crippen LogP contribution in [0.15, 0.2) is 60.8 Å². The Bertz CT molecular complexity index is 1060. The second-order valence-electron chi connectivity index (χ2n) is 8.24. The summed E-state index contributed by atoms with van der Waals surface area (Å²) in [6.07, 6.45) is 1.74. The van der Waals surface area contributed by atoms with Crippen LogP contribution in [-0.2, 0) is 9.53 Å². The van der Waals surface area contributed by atoms with Crippen molar-refractivity contribution in [3.05, 3.63) is 60.8 Å². The molecule has 0 bridgehead atoms. The molecule has 1 atom stereocenters. The van der Waals surface area contributed by atoms with Crippen LogP contribution in [-0.4, -0.2) is 67.2 Å². The van der Waals surface area contributed by atoms with Gasteiger partial charge in [-0.05, 0) is 63.5 Å². The predicted octanol–water partition coefficient (Wildman–Crippen LogP) is 3.61. The van der Waals surface area contributed by atoms with Gasteiger partial charge in [0.05, 0.1) is 24.9 Å². The first kappa shape index (κ1) is 22.7. The number of ether oxygens (including phenoxy) is 1. The Morgan fingerprint density at radius 1 is 1.00 bits per heavy atom. The fourth-order valence-electron chi connectivity index (χ4n) is 3.49. The van der Waals surface area contributed by atoms with Crippen LogP contribution in [0.3, 0.4) is 0 Å². The minimum absolute atomic E-state index is 0.0408. The summed E-state index contributed by atoms with van der Waals surface area (Å²) in [4.78, 5) is 25.4. The fourth-order valence-corrected chi connectivity index (χ4v) is 3.49. The lowest BCUT2D eigenvalue weighted by molar-refractivity contribution is -0.119. The third-order valence-corrected chi connectivity index (χ3v) is 5.76. The first-order valence-electron chi connectivity index (χ1n) is 11.1. The normalized spacial score (nSPS) is 14.7. The molecule has 33 heavy (non-hydrogen) atoms. The summed E-state index contributed by atoms with van der Waals surface area (Å²) in [5.74, 6) is 0.490. The smallest absolute Gasteiger partial charge is 0.241 e. The summed E-state index contributed by atoms with van der Waals surface area (Å²) in [6.45, 7) is 5.23. The zero-order chi connectivity index (χ0) is 23.2. The predicted molar refractivity (Wildman–Crippen MR) is 132 cm³/mol. The van der Waals surface area contributed by atoms with Crippen LogP contribution in [0.1, 0.15) is 6.92 Å². The van der Waals surface area contributed by atoms with E-state index >= 15 is 0 Å². The number of aromatic nitrogens is 2. The van der Waals surface area contributed by atoms with E-state index in [2.05, 4.69) is 37.6 Å². The van der Waals surface area contributed by atoms with Crippen LogP contribution in [0.4, 0.5) is 23.0 Å². The zero-order valence-corrected chi connectivity index (χ0v) is 19.3. The number of rotatable bonds is 7. The number of hydrogen-bond acceptors (Lipinski definition) is 7. The molecule has 1 amide bonds. The van der Waals surface area contributed by atoms with Gasteiger partial charge in [0.25, 0.3) is 0 Å². The summed E-state index contributed by atoms with van der Waals surface area (Å²) in [7, 11) is 3.76. The van der Waals surface area contributed by atoms with Gasteiger partial charge in [-0.1, -0.05) is 12.1 Å². The number of nitrogens with zero attached hydrogens (tertiary/aromatic N) is 4. The van der Waals surface area contributed by atoms with Gasteiger partial charge in [-0.2, -0.15) is 0 Å². The molecule has 8 nitrogen and oxygen atoms in total. The van der Waals surface area contributed by atoms with E-state index in [4.69, 9.17) is 4.74 Å². The van der Waals surface area contributed by atoms with Crippen LogP contribution >= 0.6 is 0 Å². The Kier molecular flexibility index (Phi) is 7.16. The molecule has 2 aromatic carbocycles. The number of likely N-dealkylation sites (N-methyl/N-ethyl adjacent to an activating group) is 1. The van der Waals surface area contributed by atoms with Gasteiger partial charge in [0.1, 0.15) is 0 Å². The minimum atomic E-state index is -0.205. The SMILES string of the molecule is C[C@H](C(=O)Nc1ccc(-c2ccnc(Nc3ccc(N4CCOCC4)cc3)n2)cc1)N(C)C. The molecule has 0 unspecified atom stereocenters. The van der Waals surface area contributed by atoms with Gasteiger partial charge in [-0.15, -0.1) is 0 Å². The quantitative estimate of drug-likeness (QED) is 0.574. The number of morpholine rings is 1. The average Bonchev–Trinajstić information content (AvgIpc) is 2.85. The largest absolute Gasteiger partial charge is 0.378 e. The third-order valence-electron chi connectivity index (χ3n) is 5.76. The highest BCUT2D eigenvalue weighted by Gasteiger charge is 2.15. The lowest BCUT2D eigenvalue weighted by Gasteiger charge is -2.28. The van der Waals surface area contributed by atoms with Crippen molar-refractivity contribution in [3.8, 4) is 11.3 Å². The van der Waals surface area contributed by atoms with Crippen molar-refractivity contribution >= 4 is 28.9 Å². The first-order valence-corrected chi connectivity index (χ1v) is 11.1. The van der Waals surface area contributed by atoms with Gasteiger partial charge in [0, 0.05) is 41.9 Å². The van der Waals surface area contributed by atoms with E-state index < -0.39 is 0 Å². The van der Waals surface area contributed by atoms with Crippen LogP contribution in [0.25, 0.3) is 11.3 Å². The molecule has 4 rings (SSSR count). The van der Waals surface area contributed by atoms with Gasteiger partial charge >= 0.3 is 0 Å². The van der Waals surface area contributed by atoms with Crippen LogP contribution in [0, 0.1) is 0 Å². The summed E-state index contributed by atoms with van der Waals surface area (Å²) in [5.41, 5.74) is 4.62. The summed E-state index contributed by atoms with van der Waals surface area (Å²) >= 11 is 0. The van der Waals surface area contributed by atoms with Crippen molar-refractivity contribution in [2.24, 2.45) is 0 Å². The molecule has 0 aliphatic carbocycles. The standard InChI is InChI=1S/C25H30N6O2/c1-18(30(2)3)24(32)27-20-6-4-19(5-7-20)23-12-13-26-25(29-23)28-21-8-10-22(11-9-21)31-14-16-33-17-15-31/h4-13,18H,14-17H2,1-3H3,(H,27,32)(H,26,28,29)/t18-/m1/s1. The third kappa shape index (κ3) is 5.85. The van der Waals surface area contributed by atoms with Crippen molar-refractivity contribution < 1.29 is 9.53 Å². The van der Waals surface area contributed by atoms with Crippen molar-refractivity contribution in [1.29, 1.82) is 0 Å². The van der Waals surface area contributed by atoms with E-state index in [1.54, 1.807) is 6.20 Å². The molecular formula is C25H30N6O2. The van der Waals surface area contributed by atoms with Crippen LogP contribution in [0.2, 0.25) is 0 Å². The minimum Gasteiger partial charge on any atom is -0.378 e. The maximum absolute atomic E-state index is 12.2. The van der Waals surface area contributed by atoms with E-state index in [-0.39, 0.29) is 11.9 Å². The Labute approximate surface area is 194 Å². The molecule has 8 heteroatoms. The monoisotopic (exact) mass is 446 g/mol. The lowest BCUT2D eigenvalue weighted by atomic mass is 10.1. The zero-order valence-electron chi connectivity index (χ0n) is 19.3. The molecule has 1 saturated heterocycles. The molecule has 3 aromatic rings. The maximum atomic E-state index is 12.2. The highest BCUT2D eigenvalue weighted by atomic mass is 16.5. The van der Waals surface area contributed by atoms with E-state index in [9.17, 15) is 4.79 Å². The van der Waals surface area contributed by atoms with E-state index in [0.29, 0.717) is 5.95 Å². The summed E-state index contributed by atoms with van der Waals surface area (Å²) in [5, 5.41) is 6.22. The number of benzene rings is 2. The van der Waals surface area contributed by atoms with Gasteiger partial charge in [0.2, 0.25) is 11.9 Å². The van der Waals surface area contributed by atoms with E-state index in [1.165, 1.54) is 5.69 Å². The molecule has 0 spiro atoms. The molecule has 1 aliphatic rings. The Morgan fingerprint density at radius 3 is 2.33 bits per heavy atom. The number of amides is 1. The summed E-state index contributed by atoms with van der Waals surface area (Å²) < 4.78 is 5.42. The molecule has 1 aliphatic heterocycles. The van der Waals surface area contributed by atoms with E-state index in [0.717, 1.165) is 48.9 Å². The van der Waals surface area contributed by atoms with Crippen molar-refractivity contribution in [2.45, 2.75) is 13.0 Å².